The number of aromatic hydroxyl groups is 2. The minimum atomic E-state index is -4.05. The van der Waals surface area contributed by atoms with Gasteiger partial charge in [0.25, 0.3) is 0 Å². The van der Waals surface area contributed by atoms with Crippen molar-refractivity contribution in [1.82, 2.24) is 0 Å². The highest BCUT2D eigenvalue weighted by Gasteiger charge is 2.31. The van der Waals surface area contributed by atoms with Crippen molar-refractivity contribution in [3.8, 4) is 11.5 Å². The van der Waals surface area contributed by atoms with Gasteiger partial charge in [-0.1, -0.05) is 12.1 Å². The fourth-order valence-corrected chi connectivity index (χ4v) is 4.92. The zero-order chi connectivity index (χ0) is 17.7. The van der Waals surface area contributed by atoms with Crippen LogP contribution in [0.25, 0.3) is 0 Å². The maximum Gasteiger partial charge on any atom is 0.214 e. The fourth-order valence-electron chi connectivity index (χ4n) is 2.85. The lowest BCUT2D eigenvalue weighted by atomic mass is 10.1. The third-order valence-corrected chi connectivity index (χ3v) is 6.53. The molecule has 124 valence electrons. The Labute approximate surface area is 137 Å². The van der Waals surface area contributed by atoms with Crippen LogP contribution in [0.5, 0.6) is 11.5 Å². The highest BCUT2D eigenvalue weighted by molar-refractivity contribution is 7.91. The Morgan fingerprint density at radius 3 is 1.70 bits per heavy atom. The first-order valence-electron chi connectivity index (χ1n) is 7.34. The van der Waals surface area contributed by atoms with Gasteiger partial charge in [-0.3, -0.25) is 0 Å². The van der Waals surface area contributed by atoms with Crippen LogP contribution in [0.1, 0.15) is 33.4 Å². The van der Waals surface area contributed by atoms with Gasteiger partial charge in [0.05, 0.1) is 0 Å². The van der Waals surface area contributed by atoms with Crippen LogP contribution < -0.4 is 0 Å². The quantitative estimate of drug-likeness (QED) is 0.876. The topological polar surface area (TPSA) is 74.6 Å². The highest BCUT2D eigenvalue weighted by atomic mass is 32.2. The lowest BCUT2D eigenvalue weighted by Gasteiger charge is -2.18. The normalized spacial score (nSPS) is 11.7. The summed E-state index contributed by atoms with van der Waals surface area (Å²) in [7, 11) is -4.05. The fraction of sp³-hybridized carbons (Fsp3) is 0.333. The second kappa shape index (κ2) is 5.57. The van der Waals surface area contributed by atoms with Crippen molar-refractivity contribution in [2.24, 2.45) is 0 Å². The zero-order valence-electron chi connectivity index (χ0n) is 14.3. The van der Waals surface area contributed by atoms with E-state index in [1.807, 2.05) is 6.92 Å². The van der Waals surface area contributed by atoms with Crippen LogP contribution in [0.15, 0.2) is 21.9 Å². The summed E-state index contributed by atoms with van der Waals surface area (Å²) in [5.41, 5.74) is 3.57. The molecular weight excluding hydrogens is 312 g/mol. The van der Waals surface area contributed by atoms with Gasteiger partial charge in [-0.25, -0.2) is 8.42 Å². The Hall–Kier alpha value is -2.01. The van der Waals surface area contributed by atoms with E-state index < -0.39 is 9.84 Å². The molecule has 0 aliphatic heterocycles. The van der Waals surface area contributed by atoms with Crippen LogP contribution in [0.3, 0.4) is 0 Å². The second-order valence-electron chi connectivity index (χ2n) is 6.13. The monoisotopic (exact) mass is 334 g/mol. The van der Waals surface area contributed by atoms with Crippen LogP contribution in [-0.2, 0) is 9.84 Å². The average molecular weight is 334 g/mol. The number of benzene rings is 2. The van der Waals surface area contributed by atoms with Crippen LogP contribution in [0, 0.1) is 41.5 Å². The van der Waals surface area contributed by atoms with E-state index in [-0.39, 0.29) is 21.3 Å². The molecular formula is C18H22O4S. The van der Waals surface area contributed by atoms with E-state index in [1.54, 1.807) is 46.8 Å². The number of aryl methyl sites for hydroxylation is 4. The summed E-state index contributed by atoms with van der Waals surface area (Å²) in [4.78, 5) is -0.263. The third-order valence-electron chi connectivity index (χ3n) is 4.44. The summed E-state index contributed by atoms with van der Waals surface area (Å²) < 4.78 is 26.3. The minimum Gasteiger partial charge on any atom is -0.506 e. The SMILES string of the molecule is Cc1cc(C)c(S(=O)(=O)c2c(C)c(C)cc(C)c2O)c(O)c1C. The van der Waals surface area contributed by atoms with Gasteiger partial charge in [0.2, 0.25) is 9.84 Å². The van der Waals surface area contributed by atoms with Crippen molar-refractivity contribution in [1.29, 1.82) is 0 Å². The van der Waals surface area contributed by atoms with Gasteiger partial charge >= 0.3 is 0 Å². The molecule has 0 saturated carbocycles. The maximum absolute atomic E-state index is 13.2. The van der Waals surface area contributed by atoms with Gasteiger partial charge in [0, 0.05) is 0 Å². The van der Waals surface area contributed by atoms with E-state index in [2.05, 4.69) is 0 Å². The van der Waals surface area contributed by atoms with Crippen molar-refractivity contribution in [3.05, 3.63) is 45.5 Å². The predicted octanol–water partition coefficient (Wildman–Crippen LogP) is 3.78. The average Bonchev–Trinajstić information content (AvgIpc) is 2.42. The Kier molecular flexibility index (Phi) is 4.20. The molecule has 2 rings (SSSR count). The first-order valence-corrected chi connectivity index (χ1v) is 8.83. The van der Waals surface area contributed by atoms with Crippen LogP contribution in [0.4, 0.5) is 0 Å². The summed E-state index contributed by atoms with van der Waals surface area (Å²) in [5, 5.41) is 20.8. The van der Waals surface area contributed by atoms with E-state index in [4.69, 9.17) is 0 Å². The van der Waals surface area contributed by atoms with Crippen molar-refractivity contribution >= 4 is 9.84 Å². The van der Waals surface area contributed by atoms with E-state index in [0.717, 1.165) is 11.1 Å². The maximum atomic E-state index is 13.2. The molecule has 0 fully saturated rings. The number of hydrogen-bond donors (Lipinski definition) is 2. The van der Waals surface area contributed by atoms with Crippen molar-refractivity contribution in [2.45, 2.75) is 51.3 Å². The van der Waals surface area contributed by atoms with Gasteiger partial charge in [0.15, 0.2) is 0 Å². The molecule has 0 bridgehead atoms. The van der Waals surface area contributed by atoms with E-state index in [1.165, 1.54) is 0 Å². The van der Waals surface area contributed by atoms with Crippen molar-refractivity contribution in [3.63, 3.8) is 0 Å². The number of hydrogen-bond acceptors (Lipinski definition) is 4. The molecule has 0 aliphatic carbocycles. The van der Waals surface area contributed by atoms with Crippen LogP contribution in [-0.4, -0.2) is 18.6 Å². The third kappa shape index (κ3) is 2.59. The number of phenols is 2. The lowest BCUT2D eigenvalue weighted by Crippen LogP contribution is -2.09. The van der Waals surface area contributed by atoms with Gasteiger partial charge in [0.1, 0.15) is 21.3 Å². The zero-order valence-corrected chi connectivity index (χ0v) is 15.1. The van der Waals surface area contributed by atoms with Gasteiger partial charge in [-0.2, -0.15) is 0 Å². The largest absolute Gasteiger partial charge is 0.506 e. The first-order chi connectivity index (χ1) is 10.5. The van der Waals surface area contributed by atoms with E-state index >= 15 is 0 Å². The summed E-state index contributed by atoms with van der Waals surface area (Å²) in [6.07, 6.45) is 0. The Balaban J connectivity index is 2.94. The molecule has 0 radical (unpaired) electrons. The predicted molar refractivity (Wildman–Crippen MR) is 90.1 cm³/mol. The Bertz CT molecular complexity index is 883. The number of sulfone groups is 1. The van der Waals surface area contributed by atoms with Crippen LogP contribution in [0.2, 0.25) is 0 Å². The molecule has 2 N–H and O–H groups in total. The molecule has 23 heavy (non-hydrogen) atoms. The molecule has 4 nitrogen and oxygen atoms in total. The summed E-state index contributed by atoms with van der Waals surface area (Å²) in [6, 6.07) is 3.48. The Morgan fingerprint density at radius 1 is 0.652 bits per heavy atom. The van der Waals surface area contributed by atoms with Crippen molar-refractivity contribution in [2.75, 3.05) is 0 Å². The molecule has 2 aromatic carbocycles. The van der Waals surface area contributed by atoms with Crippen molar-refractivity contribution < 1.29 is 18.6 Å². The van der Waals surface area contributed by atoms with Gasteiger partial charge < -0.3 is 10.2 Å². The van der Waals surface area contributed by atoms with Gasteiger partial charge in [-0.05, 0) is 74.9 Å². The smallest absolute Gasteiger partial charge is 0.214 e. The molecule has 0 heterocycles. The van der Waals surface area contributed by atoms with E-state index in [9.17, 15) is 18.6 Å². The van der Waals surface area contributed by atoms with Gasteiger partial charge in [-0.15, -0.1) is 0 Å². The Morgan fingerprint density at radius 2 is 1.13 bits per heavy atom. The molecule has 0 aliphatic rings. The molecule has 0 saturated heterocycles. The molecule has 5 heteroatoms. The number of phenolic OH excluding ortho intramolecular Hbond substituents is 2. The van der Waals surface area contributed by atoms with Crippen LogP contribution >= 0.6 is 0 Å². The molecule has 0 aromatic heterocycles. The molecule has 0 amide bonds. The molecule has 0 atom stereocenters. The highest BCUT2D eigenvalue weighted by Crippen LogP contribution is 2.41. The molecule has 0 unspecified atom stereocenters. The van der Waals surface area contributed by atoms with E-state index in [0.29, 0.717) is 22.3 Å². The standard InChI is InChI=1S/C18H22O4S/c1-9-8-12(4)17(16(20)13(9)5)23(21,22)18-14(6)10(2)7-11(3)15(18)19/h7-8,19-20H,1-6H3. The minimum absolute atomic E-state index is 0.128. The molecule has 2 aromatic rings. The summed E-state index contributed by atoms with van der Waals surface area (Å²) in [5.74, 6) is -0.509. The second-order valence-corrected chi connectivity index (χ2v) is 7.95. The summed E-state index contributed by atoms with van der Waals surface area (Å²) >= 11 is 0. The number of rotatable bonds is 2. The summed E-state index contributed by atoms with van der Waals surface area (Å²) in [6.45, 7) is 10.3. The lowest BCUT2D eigenvalue weighted by molar-refractivity contribution is 0.446. The molecule has 0 spiro atoms. The first kappa shape index (κ1) is 17.3.